The van der Waals surface area contributed by atoms with E-state index in [4.69, 9.17) is 9.84 Å². The van der Waals surface area contributed by atoms with E-state index in [1.54, 1.807) is 25.3 Å². The van der Waals surface area contributed by atoms with Crippen LogP contribution in [0.15, 0.2) is 18.3 Å². The van der Waals surface area contributed by atoms with Gasteiger partial charge < -0.3 is 15.2 Å². The predicted molar refractivity (Wildman–Crippen MR) is 69.5 cm³/mol. The Balaban J connectivity index is 2.85. The van der Waals surface area contributed by atoms with E-state index in [0.717, 1.165) is 0 Å². The standard InChI is InChI=1S/C13H20N2O3/c1-4-18-13(17)11-6-5-7-14-12(11)15-10(3)9(2)8-16/h5-7,9-10,16H,4,8H2,1-3H3,(H,14,15). The first kappa shape index (κ1) is 14.4. The molecule has 0 amide bonds. The lowest BCUT2D eigenvalue weighted by Crippen LogP contribution is -2.27. The van der Waals surface area contributed by atoms with E-state index in [9.17, 15) is 4.79 Å². The van der Waals surface area contributed by atoms with Crippen molar-refractivity contribution in [2.75, 3.05) is 18.5 Å². The molecule has 0 aliphatic carbocycles. The van der Waals surface area contributed by atoms with Gasteiger partial charge in [0.1, 0.15) is 11.4 Å². The van der Waals surface area contributed by atoms with Crippen LogP contribution >= 0.6 is 0 Å². The molecule has 18 heavy (non-hydrogen) atoms. The van der Waals surface area contributed by atoms with Crippen LogP contribution < -0.4 is 5.32 Å². The van der Waals surface area contributed by atoms with Gasteiger partial charge in [-0.3, -0.25) is 0 Å². The summed E-state index contributed by atoms with van der Waals surface area (Å²) in [5.41, 5.74) is 0.413. The minimum atomic E-state index is -0.392. The number of pyridine rings is 1. The number of esters is 1. The number of aliphatic hydroxyl groups excluding tert-OH is 1. The number of nitrogens with zero attached hydrogens (tertiary/aromatic N) is 1. The molecular formula is C13H20N2O3. The molecule has 1 rings (SSSR count). The fraction of sp³-hybridized carbons (Fsp3) is 0.538. The van der Waals surface area contributed by atoms with Crippen LogP contribution in [-0.2, 0) is 4.74 Å². The van der Waals surface area contributed by atoms with Gasteiger partial charge in [0.25, 0.3) is 0 Å². The number of aliphatic hydroxyl groups is 1. The van der Waals surface area contributed by atoms with Gasteiger partial charge in [-0.1, -0.05) is 6.92 Å². The number of aromatic nitrogens is 1. The van der Waals surface area contributed by atoms with E-state index in [0.29, 0.717) is 18.0 Å². The van der Waals surface area contributed by atoms with Crippen molar-refractivity contribution < 1.29 is 14.6 Å². The van der Waals surface area contributed by atoms with E-state index in [1.807, 2.05) is 13.8 Å². The van der Waals surface area contributed by atoms with Crippen molar-refractivity contribution in [3.8, 4) is 0 Å². The van der Waals surface area contributed by atoms with Crippen molar-refractivity contribution in [2.24, 2.45) is 5.92 Å². The number of anilines is 1. The highest BCUT2D eigenvalue weighted by Gasteiger charge is 2.17. The third-order valence-corrected chi connectivity index (χ3v) is 2.81. The summed E-state index contributed by atoms with van der Waals surface area (Å²) in [5, 5.41) is 12.2. The van der Waals surface area contributed by atoms with Crippen LogP contribution in [0.1, 0.15) is 31.1 Å². The monoisotopic (exact) mass is 252 g/mol. The minimum Gasteiger partial charge on any atom is -0.462 e. The molecule has 5 nitrogen and oxygen atoms in total. The third kappa shape index (κ3) is 3.70. The van der Waals surface area contributed by atoms with Gasteiger partial charge in [-0.15, -0.1) is 0 Å². The molecule has 2 unspecified atom stereocenters. The van der Waals surface area contributed by atoms with Crippen LogP contribution in [0.3, 0.4) is 0 Å². The summed E-state index contributed by atoms with van der Waals surface area (Å²) in [6.07, 6.45) is 1.61. The van der Waals surface area contributed by atoms with Gasteiger partial charge in [-0.2, -0.15) is 0 Å². The van der Waals surface area contributed by atoms with Crippen LogP contribution in [0.4, 0.5) is 5.82 Å². The van der Waals surface area contributed by atoms with Gasteiger partial charge in [-0.05, 0) is 31.9 Å². The van der Waals surface area contributed by atoms with Gasteiger partial charge in [0.2, 0.25) is 0 Å². The Morgan fingerprint density at radius 3 is 2.89 bits per heavy atom. The van der Waals surface area contributed by atoms with E-state index in [2.05, 4.69) is 10.3 Å². The summed E-state index contributed by atoms with van der Waals surface area (Å²) in [7, 11) is 0. The SMILES string of the molecule is CCOC(=O)c1cccnc1NC(C)C(C)CO. The van der Waals surface area contributed by atoms with Crippen molar-refractivity contribution in [2.45, 2.75) is 26.8 Å². The first-order valence-corrected chi connectivity index (χ1v) is 6.09. The molecule has 0 aliphatic heterocycles. The topological polar surface area (TPSA) is 71.5 Å². The Morgan fingerprint density at radius 2 is 2.28 bits per heavy atom. The van der Waals surface area contributed by atoms with E-state index in [1.165, 1.54) is 0 Å². The molecule has 2 atom stereocenters. The molecule has 0 fully saturated rings. The molecule has 0 bridgehead atoms. The van der Waals surface area contributed by atoms with E-state index >= 15 is 0 Å². The number of rotatable bonds is 6. The summed E-state index contributed by atoms with van der Waals surface area (Å²) in [6.45, 7) is 6.03. The van der Waals surface area contributed by atoms with Crippen molar-refractivity contribution in [3.63, 3.8) is 0 Å². The van der Waals surface area contributed by atoms with E-state index in [-0.39, 0.29) is 18.6 Å². The quantitative estimate of drug-likeness (QED) is 0.754. The molecule has 5 heteroatoms. The Labute approximate surface area is 107 Å². The Hall–Kier alpha value is -1.62. The highest BCUT2D eigenvalue weighted by atomic mass is 16.5. The zero-order valence-corrected chi connectivity index (χ0v) is 11.0. The summed E-state index contributed by atoms with van der Waals surface area (Å²) < 4.78 is 4.97. The van der Waals surface area contributed by atoms with Crippen molar-refractivity contribution in [3.05, 3.63) is 23.9 Å². The molecule has 0 radical (unpaired) electrons. The molecule has 1 aromatic rings. The zero-order valence-electron chi connectivity index (χ0n) is 11.0. The van der Waals surface area contributed by atoms with Gasteiger partial charge in [0.05, 0.1) is 6.61 Å². The molecule has 1 heterocycles. The second kappa shape index (κ2) is 6.96. The van der Waals surface area contributed by atoms with Crippen LogP contribution in [-0.4, -0.2) is 35.3 Å². The van der Waals surface area contributed by atoms with Gasteiger partial charge in [0, 0.05) is 18.8 Å². The summed E-state index contributed by atoms with van der Waals surface area (Å²) in [5.74, 6) is 0.169. The number of nitrogens with one attached hydrogen (secondary N) is 1. The number of ether oxygens (including phenoxy) is 1. The molecule has 0 saturated heterocycles. The normalized spacial score (nSPS) is 13.8. The van der Waals surface area contributed by atoms with Crippen molar-refractivity contribution in [1.29, 1.82) is 0 Å². The van der Waals surface area contributed by atoms with Crippen molar-refractivity contribution >= 4 is 11.8 Å². The maximum absolute atomic E-state index is 11.7. The number of hydrogen-bond donors (Lipinski definition) is 2. The first-order valence-electron chi connectivity index (χ1n) is 6.09. The molecule has 100 valence electrons. The van der Waals surface area contributed by atoms with Crippen LogP contribution in [0.5, 0.6) is 0 Å². The van der Waals surface area contributed by atoms with Gasteiger partial charge >= 0.3 is 5.97 Å². The second-order valence-electron chi connectivity index (χ2n) is 4.21. The van der Waals surface area contributed by atoms with Crippen molar-refractivity contribution in [1.82, 2.24) is 4.98 Å². The third-order valence-electron chi connectivity index (χ3n) is 2.81. The number of hydrogen-bond acceptors (Lipinski definition) is 5. The lowest BCUT2D eigenvalue weighted by atomic mass is 10.0. The van der Waals surface area contributed by atoms with E-state index < -0.39 is 5.97 Å². The molecule has 0 aliphatic rings. The smallest absolute Gasteiger partial charge is 0.341 e. The summed E-state index contributed by atoms with van der Waals surface area (Å²) >= 11 is 0. The maximum atomic E-state index is 11.7. The van der Waals surface area contributed by atoms with Crippen LogP contribution in [0, 0.1) is 5.92 Å². The summed E-state index contributed by atoms with van der Waals surface area (Å²) in [6, 6.07) is 3.37. The molecule has 2 N–H and O–H groups in total. The minimum absolute atomic E-state index is 0.0121. The number of carbonyl (C=O) groups is 1. The molecular weight excluding hydrogens is 232 g/mol. The van der Waals surface area contributed by atoms with Gasteiger partial charge in [-0.25, -0.2) is 9.78 Å². The first-order chi connectivity index (χ1) is 8.60. The largest absolute Gasteiger partial charge is 0.462 e. The number of carbonyl (C=O) groups excluding carboxylic acids is 1. The van der Waals surface area contributed by atoms with Crippen LogP contribution in [0.25, 0.3) is 0 Å². The predicted octanol–water partition coefficient (Wildman–Crippen LogP) is 1.69. The Morgan fingerprint density at radius 1 is 1.56 bits per heavy atom. The Kier molecular flexibility index (Phi) is 5.58. The molecule has 1 aromatic heterocycles. The highest BCUT2D eigenvalue weighted by molar-refractivity contribution is 5.94. The second-order valence-corrected chi connectivity index (χ2v) is 4.21. The highest BCUT2D eigenvalue weighted by Crippen LogP contribution is 2.16. The zero-order chi connectivity index (χ0) is 13.5. The fourth-order valence-corrected chi connectivity index (χ4v) is 1.41. The average molecular weight is 252 g/mol. The average Bonchev–Trinajstić information content (AvgIpc) is 2.38. The summed E-state index contributed by atoms with van der Waals surface area (Å²) in [4.78, 5) is 15.9. The lowest BCUT2D eigenvalue weighted by Gasteiger charge is -2.21. The maximum Gasteiger partial charge on any atom is 0.341 e. The molecule has 0 spiro atoms. The molecule has 0 aromatic carbocycles. The van der Waals surface area contributed by atoms with Crippen LogP contribution in [0.2, 0.25) is 0 Å². The molecule has 0 saturated carbocycles. The lowest BCUT2D eigenvalue weighted by molar-refractivity contribution is 0.0527. The Bertz CT molecular complexity index is 396. The van der Waals surface area contributed by atoms with Gasteiger partial charge in [0.15, 0.2) is 0 Å². The fourth-order valence-electron chi connectivity index (χ4n) is 1.41.